The van der Waals surface area contributed by atoms with Crippen molar-refractivity contribution >= 4 is 29.6 Å². The van der Waals surface area contributed by atoms with Crippen LogP contribution in [0, 0.1) is 6.92 Å². The van der Waals surface area contributed by atoms with Crippen LogP contribution in [0.5, 0.6) is 0 Å². The number of aliphatic carboxylic acids is 1. The van der Waals surface area contributed by atoms with Crippen LogP contribution in [0.2, 0.25) is 0 Å². The number of aryl methyl sites for hydroxylation is 1. The number of thioether (sulfide) groups is 1. The quantitative estimate of drug-likeness (QED) is 0.708. The molecular formula is C12H16N4O3S. The summed E-state index contributed by atoms with van der Waals surface area (Å²) >= 11 is 1.51. The molecule has 0 bridgehead atoms. The van der Waals surface area contributed by atoms with Crippen LogP contribution in [0.1, 0.15) is 19.5 Å². The van der Waals surface area contributed by atoms with Gasteiger partial charge in [0.05, 0.1) is 5.69 Å². The first kappa shape index (κ1) is 13.3. The number of nitrogens with zero attached hydrogens (tertiary/aromatic N) is 2. The number of imidazole rings is 1. The number of amides is 1. The number of aromatic amines is 1. The number of carboxylic acids is 1. The summed E-state index contributed by atoms with van der Waals surface area (Å²) < 4.78 is -0.498. The summed E-state index contributed by atoms with van der Waals surface area (Å²) in [6.07, 6.45) is 1.75. The molecule has 0 aliphatic carbocycles. The SMILES string of the molecule is Cc1c[nH]c(NC2C(=O)N3C(C(=O)O)C(C)(C)S[C@H]23)n1. The van der Waals surface area contributed by atoms with Crippen molar-refractivity contribution in [3.63, 3.8) is 0 Å². The molecule has 7 nitrogen and oxygen atoms in total. The molecule has 1 amide bonds. The Kier molecular flexibility index (Phi) is 2.75. The number of carboxylic acid groups (broad SMARTS) is 1. The average Bonchev–Trinajstić information content (AvgIpc) is 2.85. The molecular weight excluding hydrogens is 280 g/mol. The topological polar surface area (TPSA) is 98.3 Å². The minimum absolute atomic E-state index is 0.163. The van der Waals surface area contributed by atoms with Crippen molar-refractivity contribution in [2.24, 2.45) is 0 Å². The van der Waals surface area contributed by atoms with E-state index in [1.165, 1.54) is 16.7 Å². The van der Waals surface area contributed by atoms with Crippen LogP contribution >= 0.6 is 11.8 Å². The number of carbonyl (C=O) groups is 2. The van der Waals surface area contributed by atoms with Crippen LogP contribution in [0.3, 0.4) is 0 Å². The fourth-order valence-corrected chi connectivity index (χ4v) is 4.41. The van der Waals surface area contributed by atoms with E-state index in [2.05, 4.69) is 15.3 Å². The number of aromatic nitrogens is 2. The summed E-state index contributed by atoms with van der Waals surface area (Å²) in [6, 6.07) is -1.20. The minimum Gasteiger partial charge on any atom is -0.480 e. The Bertz CT molecular complexity index is 585. The van der Waals surface area contributed by atoms with E-state index >= 15 is 0 Å². The zero-order valence-electron chi connectivity index (χ0n) is 11.4. The Hall–Kier alpha value is -1.70. The van der Waals surface area contributed by atoms with E-state index in [-0.39, 0.29) is 11.3 Å². The number of nitrogens with one attached hydrogen (secondary N) is 2. The molecule has 2 aliphatic heterocycles. The highest BCUT2D eigenvalue weighted by molar-refractivity contribution is 8.01. The van der Waals surface area contributed by atoms with Gasteiger partial charge in [-0.3, -0.25) is 4.79 Å². The first-order valence-corrected chi connectivity index (χ1v) is 7.20. The van der Waals surface area contributed by atoms with Crippen molar-refractivity contribution in [2.75, 3.05) is 5.32 Å². The van der Waals surface area contributed by atoms with E-state index in [1.54, 1.807) is 6.20 Å². The summed E-state index contributed by atoms with van der Waals surface area (Å²) in [4.78, 5) is 32.2. The normalized spacial score (nSPS) is 30.9. The Morgan fingerprint density at radius 2 is 2.30 bits per heavy atom. The highest BCUT2D eigenvalue weighted by Gasteiger charge is 2.64. The van der Waals surface area contributed by atoms with E-state index in [0.717, 1.165) is 5.69 Å². The molecule has 3 N–H and O–H groups in total. The van der Waals surface area contributed by atoms with Gasteiger partial charge in [0, 0.05) is 10.9 Å². The van der Waals surface area contributed by atoms with Gasteiger partial charge in [-0.25, -0.2) is 9.78 Å². The van der Waals surface area contributed by atoms with Gasteiger partial charge in [0.1, 0.15) is 17.5 Å². The number of hydrogen-bond acceptors (Lipinski definition) is 5. The summed E-state index contributed by atoms with van der Waals surface area (Å²) in [5.74, 6) is -0.599. The predicted molar refractivity (Wildman–Crippen MR) is 74.5 cm³/mol. The van der Waals surface area contributed by atoms with Gasteiger partial charge in [0.25, 0.3) is 0 Å². The molecule has 2 fully saturated rings. The zero-order chi connectivity index (χ0) is 14.7. The third-order valence-corrected chi connectivity index (χ3v) is 5.24. The Morgan fingerprint density at radius 1 is 1.60 bits per heavy atom. The summed E-state index contributed by atoms with van der Waals surface area (Å²) in [6.45, 7) is 5.57. The fourth-order valence-electron chi connectivity index (χ4n) is 2.78. The highest BCUT2D eigenvalue weighted by Crippen LogP contribution is 2.51. The molecule has 20 heavy (non-hydrogen) atoms. The lowest BCUT2D eigenvalue weighted by atomic mass is 9.96. The molecule has 0 aromatic carbocycles. The van der Waals surface area contributed by atoms with E-state index < -0.39 is 22.8 Å². The van der Waals surface area contributed by atoms with Gasteiger partial charge in [0.2, 0.25) is 11.9 Å². The number of β-lactam (4-membered cyclic amide) rings is 1. The summed E-state index contributed by atoms with van der Waals surface area (Å²) in [7, 11) is 0. The lowest BCUT2D eigenvalue weighted by Crippen LogP contribution is -2.68. The molecule has 3 heterocycles. The van der Waals surface area contributed by atoms with Crippen molar-refractivity contribution in [3.05, 3.63) is 11.9 Å². The fraction of sp³-hybridized carbons (Fsp3) is 0.583. The first-order valence-electron chi connectivity index (χ1n) is 6.32. The van der Waals surface area contributed by atoms with Crippen molar-refractivity contribution in [2.45, 2.75) is 43.0 Å². The third-order valence-electron chi connectivity index (χ3n) is 3.67. The molecule has 1 aromatic heterocycles. The number of anilines is 1. The zero-order valence-corrected chi connectivity index (χ0v) is 12.2. The second-order valence-electron chi connectivity index (χ2n) is 5.61. The maximum absolute atomic E-state index is 12.2. The maximum Gasteiger partial charge on any atom is 0.327 e. The maximum atomic E-state index is 12.2. The molecule has 2 aliphatic rings. The molecule has 3 atom stereocenters. The number of rotatable bonds is 3. The minimum atomic E-state index is -0.953. The molecule has 3 rings (SSSR count). The Balaban J connectivity index is 1.79. The number of H-pyrrole nitrogens is 1. The van der Waals surface area contributed by atoms with Crippen LogP contribution in [0.15, 0.2) is 6.20 Å². The monoisotopic (exact) mass is 296 g/mol. The number of carbonyl (C=O) groups excluding carboxylic acids is 1. The van der Waals surface area contributed by atoms with Crippen LogP contribution < -0.4 is 5.32 Å². The first-order chi connectivity index (χ1) is 9.31. The number of hydrogen-bond donors (Lipinski definition) is 3. The van der Waals surface area contributed by atoms with Crippen molar-refractivity contribution in [3.8, 4) is 0 Å². The molecule has 108 valence electrons. The van der Waals surface area contributed by atoms with Gasteiger partial charge >= 0.3 is 5.97 Å². The average molecular weight is 296 g/mol. The molecule has 2 unspecified atom stereocenters. The molecule has 8 heteroatoms. The van der Waals surface area contributed by atoms with E-state index in [4.69, 9.17) is 0 Å². The van der Waals surface area contributed by atoms with Crippen molar-refractivity contribution in [1.82, 2.24) is 14.9 Å². The van der Waals surface area contributed by atoms with Gasteiger partial charge in [-0.1, -0.05) is 0 Å². The van der Waals surface area contributed by atoms with Gasteiger partial charge in [-0.15, -0.1) is 11.8 Å². The standard InChI is InChI=1S/C12H16N4O3S/c1-5-4-13-11(14-5)15-6-8(17)16-7(10(18)19)12(2,3)20-9(6)16/h4,6-7,9H,1-3H3,(H,18,19)(H2,13,14,15)/t6?,7?,9-/m1/s1. The molecule has 2 saturated heterocycles. The van der Waals surface area contributed by atoms with Crippen LogP contribution in [-0.4, -0.2) is 54.1 Å². The summed E-state index contributed by atoms with van der Waals surface area (Å²) in [5.41, 5.74) is 0.832. The lowest BCUT2D eigenvalue weighted by Gasteiger charge is -2.43. The van der Waals surface area contributed by atoms with Gasteiger partial charge < -0.3 is 20.3 Å². The second kappa shape index (κ2) is 4.15. The molecule has 0 spiro atoms. The highest BCUT2D eigenvalue weighted by atomic mass is 32.2. The Morgan fingerprint density at radius 3 is 2.85 bits per heavy atom. The lowest BCUT2D eigenvalue weighted by molar-refractivity contribution is -0.158. The molecule has 0 radical (unpaired) electrons. The third kappa shape index (κ3) is 1.78. The molecule has 0 saturated carbocycles. The van der Waals surface area contributed by atoms with Gasteiger partial charge in [0.15, 0.2) is 0 Å². The van der Waals surface area contributed by atoms with E-state index in [0.29, 0.717) is 5.95 Å². The predicted octanol–water partition coefficient (Wildman–Crippen LogP) is 0.646. The van der Waals surface area contributed by atoms with Crippen LogP contribution in [-0.2, 0) is 9.59 Å². The summed E-state index contributed by atoms with van der Waals surface area (Å²) in [5, 5.41) is 12.2. The van der Waals surface area contributed by atoms with E-state index in [9.17, 15) is 14.7 Å². The van der Waals surface area contributed by atoms with E-state index in [1.807, 2.05) is 20.8 Å². The molecule has 1 aromatic rings. The van der Waals surface area contributed by atoms with Crippen LogP contribution in [0.25, 0.3) is 0 Å². The van der Waals surface area contributed by atoms with Gasteiger partial charge in [-0.2, -0.15) is 0 Å². The van der Waals surface area contributed by atoms with Crippen molar-refractivity contribution in [1.29, 1.82) is 0 Å². The number of fused-ring (bicyclic) bond motifs is 1. The van der Waals surface area contributed by atoms with Gasteiger partial charge in [-0.05, 0) is 20.8 Å². The smallest absolute Gasteiger partial charge is 0.327 e. The van der Waals surface area contributed by atoms with Crippen LogP contribution in [0.4, 0.5) is 5.95 Å². The van der Waals surface area contributed by atoms with Crippen molar-refractivity contribution < 1.29 is 14.7 Å². The largest absolute Gasteiger partial charge is 0.480 e. The second-order valence-corrected chi connectivity index (χ2v) is 7.38. The Labute approximate surface area is 120 Å².